The van der Waals surface area contributed by atoms with Gasteiger partial charge in [0.1, 0.15) is 11.5 Å². The zero-order valence-corrected chi connectivity index (χ0v) is 16.1. The van der Waals surface area contributed by atoms with Gasteiger partial charge in [0.25, 0.3) is 0 Å². The largest absolute Gasteiger partial charge is 0.507 e. The molecule has 0 spiro atoms. The van der Waals surface area contributed by atoms with Gasteiger partial charge >= 0.3 is 5.97 Å². The van der Waals surface area contributed by atoms with Crippen LogP contribution in [0.5, 0.6) is 11.5 Å². The van der Waals surface area contributed by atoms with E-state index in [0.29, 0.717) is 11.3 Å². The van der Waals surface area contributed by atoms with Crippen LogP contribution in [0, 0.1) is 0 Å². The molecule has 0 aliphatic heterocycles. The molecule has 0 radical (unpaired) electrons. The number of hydrogen-bond acceptors (Lipinski definition) is 4. The summed E-state index contributed by atoms with van der Waals surface area (Å²) >= 11 is 1.40. The Balaban J connectivity index is 1.91. The van der Waals surface area contributed by atoms with Gasteiger partial charge in [0.05, 0.1) is 9.79 Å². The number of fused-ring (bicyclic) bond motifs is 2. The summed E-state index contributed by atoms with van der Waals surface area (Å²) in [5, 5.41) is 14.5. The molecule has 0 aliphatic rings. The minimum Gasteiger partial charge on any atom is -0.507 e. The minimum atomic E-state index is -0.473. The molecule has 1 N–H and O–H groups in total. The third-order valence-electron chi connectivity index (χ3n) is 4.46. The highest BCUT2D eigenvalue weighted by molar-refractivity contribution is 8.00. The summed E-state index contributed by atoms with van der Waals surface area (Å²) in [7, 11) is 0. The van der Waals surface area contributed by atoms with Crippen molar-refractivity contribution < 1.29 is 14.6 Å². The minimum absolute atomic E-state index is 0.189. The molecule has 138 valence electrons. The second kappa shape index (κ2) is 7.41. The van der Waals surface area contributed by atoms with Crippen LogP contribution in [0.3, 0.4) is 0 Å². The Bertz CT molecular complexity index is 1230. The van der Waals surface area contributed by atoms with E-state index in [-0.39, 0.29) is 5.75 Å². The van der Waals surface area contributed by atoms with E-state index in [0.717, 1.165) is 31.3 Å². The van der Waals surface area contributed by atoms with Gasteiger partial charge in [-0.25, -0.2) is 4.79 Å². The summed E-state index contributed by atoms with van der Waals surface area (Å²) in [5.74, 6) is 0.164. The molecule has 0 unspecified atom stereocenters. The number of aromatic hydroxyl groups is 1. The van der Waals surface area contributed by atoms with Crippen LogP contribution in [0.2, 0.25) is 0 Å². The standard InChI is InChI=1S/C24H18O3S/c1-15(2)24(26)27-21-14-12-17-8-4-6-10-19(17)23(21)28-22-18-9-5-3-7-16(18)11-13-20(22)25/h3-14,25H,1H2,2H3. The maximum atomic E-state index is 12.2. The van der Waals surface area contributed by atoms with Crippen molar-refractivity contribution in [3.05, 3.63) is 84.9 Å². The van der Waals surface area contributed by atoms with E-state index >= 15 is 0 Å². The van der Waals surface area contributed by atoms with Crippen LogP contribution in [0.1, 0.15) is 6.92 Å². The number of benzene rings is 4. The highest BCUT2D eigenvalue weighted by atomic mass is 32.2. The van der Waals surface area contributed by atoms with E-state index in [4.69, 9.17) is 4.74 Å². The van der Waals surface area contributed by atoms with Crippen molar-refractivity contribution in [3.63, 3.8) is 0 Å². The SMILES string of the molecule is C=C(C)C(=O)Oc1ccc2ccccc2c1Sc1c(O)ccc2ccccc12. The van der Waals surface area contributed by atoms with E-state index in [1.54, 1.807) is 19.1 Å². The first-order valence-corrected chi connectivity index (χ1v) is 9.64. The number of esters is 1. The zero-order chi connectivity index (χ0) is 19.7. The van der Waals surface area contributed by atoms with Crippen LogP contribution < -0.4 is 4.74 Å². The molecular weight excluding hydrogens is 368 g/mol. The Morgan fingerprint density at radius 2 is 1.43 bits per heavy atom. The molecule has 0 bridgehead atoms. The molecule has 0 aromatic heterocycles. The Morgan fingerprint density at radius 3 is 2.07 bits per heavy atom. The van der Waals surface area contributed by atoms with Crippen LogP contribution in [-0.4, -0.2) is 11.1 Å². The summed E-state index contributed by atoms with van der Waals surface area (Å²) in [6.45, 7) is 5.28. The first kappa shape index (κ1) is 18.1. The molecule has 0 fully saturated rings. The Morgan fingerprint density at radius 1 is 0.857 bits per heavy atom. The van der Waals surface area contributed by atoms with Crippen molar-refractivity contribution in [3.8, 4) is 11.5 Å². The molecule has 4 aromatic rings. The van der Waals surface area contributed by atoms with Gasteiger partial charge < -0.3 is 9.84 Å². The molecule has 0 saturated heterocycles. The maximum Gasteiger partial charge on any atom is 0.338 e. The summed E-state index contributed by atoms with van der Waals surface area (Å²) in [6, 6.07) is 23.1. The molecule has 3 nitrogen and oxygen atoms in total. The molecule has 0 atom stereocenters. The lowest BCUT2D eigenvalue weighted by Gasteiger charge is -2.15. The Hall–Kier alpha value is -3.24. The van der Waals surface area contributed by atoms with Gasteiger partial charge in [0, 0.05) is 5.57 Å². The molecule has 4 heteroatoms. The fourth-order valence-corrected chi connectivity index (χ4v) is 4.22. The van der Waals surface area contributed by atoms with E-state index in [1.807, 2.05) is 60.7 Å². The second-order valence-electron chi connectivity index (χ2n) is 6.52. The molecule has 28 heavy (non-hydrogen) atoms. The van der Waals surface area contributed by atoms with Gasteiger partial charge in [-0.15, -0.1) is 0 Å². The van der Waals surface area contributed by atoms with Crippen LogP contribution >= 0.6 is 11.8 Å². The molecular formula is C24H18O3S. The first-order chi connectivity index (χ1) is 13.5. The molecule has 0 saturated carbocycles. The Kier molecular flexibility index (Phi) is 4.80. The van der Waals surface area contributed by atoms with Crippen LogP contribution in [-0.2, 0) is 4.79 Å². The number of ether oxygens (including phenoxy) is 1. The quantitative estimate of drug-likeness (QED) is 0.253. The number of carbonyl (C=O) groups is 1. The topological polar surface area (TPSA) is 46.5 Å². The number of rotatable bonds is 4. The molecule has 0 heterocycles. The zero-order valence-electron chi connectivity index (χ0n) is 15.3. The van der Waals surface area contributed by atoms with Crippen molar-refractivity contribution in [2.45, 2.75) is 16.7 Å². The summed E-state index contributed by atoms with van der Waals surface area (Å²) in [4.78, 5) is 13.7. The van der Waals surface area contributed by atoms with Crippen LogP contribution in [0.4, 0.5) is 0 Å². The highest BCUT2D eigenvalue weighted by Crippen LogP contribution is 2.46. The molecule has 4 aromatic carbocycles. The van der Waals surface area contributed by atoms with Crippen molar-refractivity contribution >= 4 is 39.3 Å². The summed E-state index contributed by atoms with van der Waals surface area (Å²) in [5.41, 5.74) is 0.331. The molecule has 4 rings (SSSR count). The molecule has 0 amide bonds. The van der Waals surface area contributed by atoms with Crippen molar-refractivity contribution in [2.24, 2.45) is 0 Å². The predicted octanol–water partition coefficient (Wildman–Crippen LogP) is 6.33. The second-order valence-corrected chi connectivity index (χ2v) is 7.54. The van der Waals surface area contributed by atoms with Gasteiger partial charge in [-0.3, -0.25) is 0 Å². The van der Waals surface area contributed by atoms with E-state index in [9.17, 15) is 9.90 Å². The Labute approximate surface area is 167 Å². The first-order valence-electron chi connectivity index (χ1n) is 8.82. The van der Waals surface area contributed by atoms with Gasteiger partial charge in [-0.05, 0) is 40.6 Å². The average Bonchev–Trinajstić information content (AvgIpc) is 2.71. The number of carbonyl (C=O) groups excluding carboxylic acids is 1. The number of phenols is 1. The van der Waals surface area contributed by atoms with E-state index in [2.05, 4.69) is 6.58 Å². The third-order valence-corrected chi connectivity index (χ3v) is 5.72. The monoisotopic (exact) mass is 386 g/mol. The molecule has 0 aliphatic carbocycles. The van der Waals surface area contributed by atoms with Crippen LogP contribution in [0.15, 0.2) is 94.7 Å². The normalized spacial score (nSPS) is 10.9. The number of phenolic OH excluding ortho intramolecular Hbond substituents is 1. The van der Waals surface area contributed by atoms with E-state index in [1.165, 1.54) is 11.8 Å². The van der Waals surface area contributed by atoms with Crippen molar-refractivity contribution in [1.82, 2.24) is 0 Å². The van der Waals surface area contributed by atoms with Crippen molar-refractivity contribution in [2.75, 3.05) is 0 Å². The van der Waals surface area contributed by atoms with Gasteiger partial charge in [-0.2, -0.15) is 0 Å². The highest BCUT2D eigenvalue weighted by Gasteiger charge is 2.17. The third kappa shape index (κ3) is 3.35. The van der Waals surface area contributed by atoms with Gasteiger partial charge in [0.2, 0.25) is 0 Å². The lowest BCUT2D eigenvalue weighted by atomic mass is 10.1. The van der Waals surface area contributed by atoms with Crippen molar-refractivity contribution in [1.29, 1.82) is 0 Å². The van der Waals surface area contributed by atoms with Gasteiger partial charge in [-0.1, -0.05) is 79.0 Å². The smallest absolute Gasteiger partial charge is 0.338 e. The van der Waals surface area contributed by atoms with E-state index < -0.39 is 5.97 Å². The fraction of sp³-hybridized carbons (Fsp3) is 0.0417. The maximum absolute atomic E-state index is 12.2. The van der Waals surface area contributed by atoms with Crippen LogP contribution in [0.25, 0.3) is 21.5 Å². The average molecular weight is 386 g/mol. The lowest BCUT2D eigenvalue weighted by molar-refractivity contribution is -0.130. The fourth-order valence-electron chi connectivity index (χ4n) is 3.04. The number of hydrogen-bond donors (Lipinski definition) is 1. The lowest BCUT2D eigenvalue weighted by Crippen LogP contribution is -2.09. The predicted molar refractivity (Wildman–Crippen MR) is 114 cm³/mol. The summed E-state index contributed by atoms with van der Waals surface area (Å²) < 4.78 is 5.60. The van der Waals surface area contributed by atoms with Gasteiger partial charge in [0.15, 0.2) is 0 Å². The summed E-state index contributed by atoms with van der Waals surface area (Å²) in [6.07, 6.45) is 0.